The van der Waals surface area contributed by atoms with E-state index in [0.717, 1.165) is 18.7 Å². The van der Waals surface area contributed by atoms with Crippen molar-refractivity contribution in [1.29, 1.82) is 0 Å². The van der Waals surface area contributed by atoms with Crippen LogP contribution in [-0.2, 0) is 11.3 Å². The van der Waals surface area contributed by atoms with Crippen LogP contribution in [0.1, 0.15) is 18.4 Å². The lowest BCUT2D eigenvalue weighted by Gasteiger charge is -2.25. The maximum Gasteiger partial charge on any atom is 0.407 e. The van der Waals surface area contributed by atoms with Crippen LogP contribution in [0.15, 0.2) is 30.3 Å². The van der Waals surface area contributed by atoms with Gasteiger partial charge in [0.2, 0.25) is 0 Å². The zero-order chi connectivity index (χ0) is 13.1. The zero-order valence-electron chi connectivity index (χ0n) is 11.1. The number of benzene rings is 1. The predicted octanol–water partition coefficient (Wildman–Crippen LogP) is 2.01. The van der Waals surface area contributed by atoms with Crippen LogP contribution in [0.25, 0.3) is 0 Å². The van der Waals surface area contributed by atoms with Crippen LogP contribution in [-0.4, -0.2) is 37.2 Å². The molecule has 1 aromatic rings. The van der Waals surface area contributed by atoms with Gasteiger partial charge in [-0.1, -0.05) is 30.3 Å². The predicted molar refractivity (Wildman–Crippen MR) is 72.7 cm³/mol. The largest absolute Gasteiger partial charge is 0.445 e. The Labute approximate surface area is 113 Å². The second-order valence-corrected chi connectivity index (χ2v) is 5.69. The summed E-state index contributed by atoms with van der Waals surface area (Å²) >= 11 is 0. The molecular formula is C15H20N2O2. The molecule has 1 N–H and O–H groups in total. The second kappa shape index (κ2) is 5.21. The van der Waals surface area contributed by atoms with E-state index < -0.39 is 0 Å². The van der Waals surface area contributed by atoms with Gasteiger partial charge in [-0.05, 0) is 31.5 Å². The van der Waals surface area contributed by atoms with Gasteiger partial charge in [0, 0.05) is 18.5 Å². The highest BCUT2D eigenvalue weighted by Gasteiger charge is 2.43. The summed E-state index contributed by atoms with van der Waals surface area (Å²) in [7, 11) is 0. The minimum atomic E-state index is -0.302. The highest BCUT2D eigenvalue weighted by Crippen LogP contribution is 2.39. The summed E-state index contributed by atoms with van der Waals surface area (Å²) in [6, 6.07) is 9.76. The Bertz CT molecular complexity index is 439. The lowest BCUT2D eigenvalue weighted by molar-refractivity contribution is 0.134. The number of nitrogens with zero attached hydrogens (tertiary/aromatic N) is 1. The van der Waals surface area contributed by atoms with E-state index in [1.165, 1.54) is 25.9 Å². The minimum absolute atomic E-state index is 0.302. The highest BCUT2D eigenvalue weighted by molar-refractivity contribution is 5.67. The van der Waals surface area contributed by atoms with E-state index in [-0.39, 0.29) is 6.09 Å². The Morgan fingerprint density at radius 1 is 1.26 bits per heavy atom. The Hall–Kier alpha value is -1.55. The average molecular weight is 260 g/mol. The number of fused-ring (bicyclic) bond motifs is 2. The fourth-order valence-corrected chi connectivity index (χ4v) is 3.08. The fraction of sp³-hybridized carbons (Fsp3) is 0.533. The van der Waals surface area contributed by atoms with E-state index in [1.807, 2.05) is 30.3 Å². The number of nitrogens with one attached hydrogen (secondary N) is 1. The number of carbonyl (C=O) groups excluding carboxylic acids is 1. The number of hydrogen-bond donors (Lipinski definition) is 1. The maximum absolute atomic E-state index is 11.7. The van der Waals surface area contributed by atoms with Crippen LogP contribution < -0.4 is 5.32 Å². The van der Waals surface area contributed by atoms with Gasteiger partial charge in [-0.25, -0.2) is 4.79 Å². The second-order valence-electron chi connectivity index (χ2n) is 5.69. The van der Waals surface area contributed by atoms with E-state index in [0.29, 0.717) is 12.0 Å². The fourth-order valence-electron chi connectivity index (χ4n) is 3.08. The van der Waals surface area contributed by atoms with E-state index in [9.17, 15) is 4.79 Å². The van der Waals surface area contributed by atoms with E-state index in [4.69, 9.17) is 4.74 Å². The Balaban J connectivity index is 1.42. The Kier molecular flexibility index (Phi) is 3.42. The summed E-state index contributed by atoms with van der Waals surface area (Å²) in [5.41, 5.74) is 1.33. The van der Waals surface area contributed by atoms with Gasteiger partial charge < -0.3 is 15.0 Å². The van der Waals surface area contributed by atoms with Crippen molar-refractivity contribution in [2.75, 3.05) is 26.2 Å². The maximum atomic E-state index is 11.7. The molecule has 0 unspecified atom stereocenters. The van der Waals surface area contributed by atoms with Gasteiger partial charge >= 0.3 is 6.09 Å². The van der Waals surface area contributed by atoms with Gasteiger partial charge in [0.1, 0.15) is 6.61 Å². The van der Waals surface area contributed by atoms with Crippen molar-refractivity contribution in [3.8, 4) is 0 Å². The molecule has 2 fully saturated rings. The van der Waals surface area contributed by atoms with Crippen LogP contribution in [0, 0.1) is 5.41 Å². The molecule has 2 aliphatic heterocycles. The molecule has 102 valence electrons. The smallest absolute Gasteiger partial charge is 0.407 e. The third-order valence-corrected chi connectivity index (χ3v) is 4.30. The zero-order valence-corrected chi connectivity index (χ0v) is 11.1. The summed E-state index contributed by atoms with van der Waals surface area (Å²) in [4.78, 5) is 14.2. The Morgan fingerprint density at radius 2 is 2.00 bits per heavy atom. The van der Waals surface area contributed by atoms with E-state index in [1.54, 1.807) is 0 Å². The molecule has 0 aromatic heterocycles. The Morgan fingerprint density at radius 3 is 2.63 bits per heavy atom. The van der Waals surface area contributed by atoms with Crippen molar-refractivity contribution < 1.29 is 9.53 Å². The minimum Gasteiger partial charge on any atom is -0.445 e. The number of rotatable bonds is 4. The average Bonchev–Trinajstić information content (AvgIpc) is 3.05. The summed E-state index contributed by atoms with van der Waals surface area (Å²) in [6.45, 7) is 4.58. The van der Waals surface area contributed by atoms with Crippen LogP contribution in [0.4, 0.5) is 4.79 Å². The molecule has 4 heteroatoms. The number of piperidine rings is 1. The number of carbonyl (C=O) groups is 1. The van der Waals surface area contributed by atoms with Gasteiger partial charge in [-0.2, -0.15) is 0 Å². The number of ether oxygens (including phenoxy) is 1. The van der Waals surface area contributed by atoms with Crippen molar-refractivity contribution in [1.82, 2.24) is 10.2 Å². The topological polar surface area (TPSA) is 41.6 Å². The molecule has 0 saturated carbocycles. The molecule has 0 radical (unpaired) electrons. The number of hydrogen-bond acceptors (Lipinski definition) is 3. The van der Waals surface area contributed by atoms with Crippen LogP contribution in [0.2, 0.25) is 0 Å². The molecule has 2 aliphatic rings. The summed E-state index contributed by atoms with van der Waals surface area (Å²) in [5, 5.41) is 2.93. The third kappa shape index (κ3) is 2.89. The lowest BCUT2D eigenvalue weighted by atomic mass is 9.85. The molecule has 0 spiro atoms. The highest BCUT2D eigenvalue weighted by atomic mass is 16.5. The summed E-state index contributed by atoms with van der Waals surface area (Å²) < 4.78 is 5.23. The third-order valence-electron chi connectivity index (χ3n) is 4.30. The first-order valence-electron chi connectivity index (χ1n) is 6.93. The number of alkyl carbamates (subject to hydrolysis) is 1. The molecule has 1 amide bonds. The van der Waals surface area contributed by atoms with Crippen LogP contribution in [0.3, 0.4) is 0 Å². The normalized spacial score (nSPS) is 28.3. The van der Waals surface area contributed by atoms with E-state index >= 15 is 0 Å². The van der Waals surface area contributed by atoms with Crippen molar-refractivity contribution >= 4 is 6.09 Å². The molecule has 2 heterocycles. The first-order chi connectivity index (χ1) is 9.26. The van der Waals surface area contributed by atoms with Gasteiger partial charge in [-0.3, -0.25) is 0 Å². The van der Waals surface area contributed by atoms with Gasteiger partial charge in [-0.15, -0.1) is 0 Å². The monoisotopic (exact) mass is 260 g/mol. The first kappa shape index (κ1) is 12.5. The quantitative estimate of drug-likeness (QED) is 0.900. The van der Waals surface area contributed by atoms with Crippen LogP contribution >= 0.6 is 0 Å². The molecule has 2 saturated heterocycles. The standard InChI is InChI=1S/C15H20N2O2/c18-14(19-10-13-4-2-1-3-5-13)16-11-15-6-8-17(12-15)9-7-15/h1-5H,6-12H2,(H,16,18). The van der Waals surface area contributed by atoms with Gasteiger partial charge in [0.05, 0.1) is 0 Å². The molecule has 2 bridgehead atoms. The van der Waals surface area contributed by atoms with Crippen LogP contribution in [0.5, 0.6) is 0 Å². The van der Waals surface area contributed by atoms with Crippen molar-refractivity contribution in [2.45, 2.75) is 19.4 Å². The van der Waals surface area contributed by atoms with Crippen molar-refractivity contribution in [2.24, 2.45) is 5.41 Å². The van der Waals surface area contributed by atoms with Crippen molar-refractivity contribution in [3.05, 3.63) is 35.9 Å². The molecule has 0 aliphatic carbocycles. The first-order valence-corrected chi connectivity index (χ1v) is 6.93. The van der Waals surface area contributed by atoms with Gasteiger partial charge in [0.25, 0.3) is 0 Å². The van der Waals surface area contributed by atoms with Gasteiger partial charge in [0.15, 0.2) is 0 Å². The molecule has 1 aromatic carbocycles. The molecule has 19 heavy (non-hydrogen) atoms. The molecule has 4 nitrogen and oxygen atoms in total. The molecule has 0 atom stereocenters. The SMILES string of the molecule is O=C(NCC12CCN(CC1)C2)OCc1ccccc1. The summed E-state index contributed by atoms with van der Waals surface area (Å²) in [5.74, 6) is 0. The molecule has 3 rings (SSSR count). The lowest BCUT2D eigenvalue weighted by Crippen LogP contribution is -2.37. The number of amides is 1. The van der Waals surface area contributed by atoms with E-state index in [2.05, 4.69) is 10.2 Å². The van der Waals surface area contributed by atoms with Crippen molar-refractivity contribution in [3.63, 3.8) is 0 Å². The summed E-state index contributed by atoms with van der Waals surface area (Å²) in [6.07, 6.45) is 2.10. The molecular weight excluding hydrogens is 240 g/mol.